The topological polar surface area (TPSA) is 75.6 Å². The van der Waals surface area contributed by atoms with Crippen LogP contribution in [0, 0.1) is 0 Å². The summed E-state index contributed by atoms with van der Waals surface area (Å²) in [4.78, 5) is 23.7. The monoisotopic (exact) mass is 339 g/mol. The van der Waals surface area contributed by atoms with Gasteiger partial charge in [-0.05, 0) is 17.7 Å². The number of amides is 1. The maximum Gasteiger partial charge on any atom is 0.408 e. The molecule has 5 nitrogen and oxygen atoms in total. The molecule has 0 aliphatic rings. The van der Waals surface area contributed by atoms with Gasteiger partial charge in [-0.3, -0.25) is 0 Å². The Morgan fingerprint density at radius 1 is 1.23 bits per heavy atom. The zero-order valence-corrected chi connectivity index (χ0v) is 13.1. The highest BCUT2D eigenvalue weighted by atomic mass is 35.5. The van der Waals surface area contributed by atoms with Crippen LogP contribution in [0.4, 0.5) is 4.79 Å². The Morgan fingerprint density at radius 2 is 1.95 bits per heavy atom. The second-order valence-corrected chi connectivity index (χ2v) is 6.31. The van der Waals surface area contributed by atoms with Crippen LogP contribution < -0.4 is 5.32 Å². The van der Waals surface area contributed by atoms with E-state index in [9.17, 15) is 14.7 Å². The molecule has 116 valence electrons. The summed E-state index contributed by atoms with van der Waals surface area (Å²) in [5, 5.41) is 11.5. The predicted molar refractivity (Wildman–Crippen MR) is 84.2 cm³/mol. The number of nitrogens with one attached hydrogen (secondary N) is 1. The molecule has 0 fully saturated rings. The first-order chi connectivity index (χ1) is 10.5. The Morgan fingerprint density at radius 3 is 2.55 bits per heavy atom. The lowest BCUT2D eigenvalue weighted by Crippen LogP contribution is -2.42. The maximum atomic E-state index is 11.7. The number of carbonyl (C=O) groups excluding carboxylic acids is 1. The quantitative estimate of drug-likeness (QED) is 0.846. The highest BCUT2D eigenvalue weighted by molar-refractivity contribution is 7.16. The van der Waals surface area contributed by atoms with Gasteiger partial charge in [0.05, 0.1) is 4.34 Å². The number of benzene rings is 1. The molecular formula is C15H14ClNO4S. The van der Waals surface area contributed by atoms with Crippen molar-refractivity contribution in [3.05, 3.63) is 57.2 Å². The number of aliphatic carboxylic acids is 1. The number of hydrogen-bond donors (Lipinski definition) is 2. The summed E-state index contributed by atoms with van der Waals surface area (Å²) < 4.78 is 5.59. The van der Waals surface area contributed by atoms with Crippen LogP contribution in [0.2, 0.25) is 4.34 Å². The highest BCUT2D eigenvalue weighted by Crippen LogP contribution is 2.22. The largest absolute Gasteiger partial charge is 0.480 e. The zero-order chi connectivity index (χ0) is 15.9. The lowest BCUT2D eigenvalue weighted by Gasteiger charge is -2.13. The van der Waals surface area contributed by atoms with E-state index in [-0.39, 0.29) is 13.0 Å². The Kier molecular flexibility index (Phi) is 5.80. The van der Waals surface area contributed by atoms with E-state index in [1.807, 2.05) is 30.3 Å². The molecule has 0 saturated heterocycles. The minimum Gasteiger partial charge on any atom is -0.480 e. The molecule has 0 radical (unpaired) electrons. The SMILES string of the molecule is O=C(NC(Cc1ccc(Cl)s1)C(=O)O)OCc1ccccc1. The van der Waals surface area contributed by atoms with Crippen molar-refractivity contribution in [1.29, 1.82) is 0 Å². The summed E-state index contributed by atoms with van der Waals surface area (Å²) in [5.74, 6) is -1.12. The van der Waals surface area contributed by atoms with Crippen LogP contribution in [0.3, 0.4) is 0 Å². The summed E-state index contributed by atoms with van der Waals surface area (Å²) in [5.41, 5.74) is 0.828. The molecule has 1 aromatic heterocycles. The lowest BCUT2D eigenvalue weighted by atomic mass is 10.2. The van der Waals surface area contributed by atoms with Gasteiger partial charge in [0.15, 0.2) is 0 Å². The van der Waals surface area contributed by atoms with Gasteiger partial charge in [-0.2, -0.15) is 0 Å². The van der Waals surface area contributed by atoms with Crippen LogP contribution in [0.15, 0.2) is 42.5 Å². The van der Waals surface area contributed by atoms with Gasteiger partial charge in [0.2, 0.25) is 0 Å². The summed E-state index contributed by atoms with van der Waals surface area (Å²) in [6.07, 6.45) is -0.605. The standard InChI is InChI=1S/C15H14ClNO4S/c16-13-7-6-11(22-13)8-12(14(18)19)17-15(20)21-9-10-4-2-1-3-5-10/h1-7,12H,8-9H2,(H,17,20)(H,18,19). The van der Waals surface area contributed by atoms with Gasteiger partial charge in [-0.25, -0.2) is 9.59 Å². The molecule has 1 heterocycles. The molecule has 0 spiro atoms. The number of thiophene rings is 1. The van der Waals surface area contributed by atoms with Crippen molar-refractivity contribution in [1.82, 2.24) is 5.32 Å². The number of rotatable bonds is 6. The summed E-state index contributed by atoms with van der Waals surface area (Å²) in [6, 6.07) is 11.5. The summed E-state index contributed by atoms with van der Waals surface area (Å²) >= 11 is 7.09. The van der Waals surface area contributed by atoms with Crippen molar-refractivity contribution in [3.8, 4) is 0 Å². The molecule has 2 N–H and O–H groups in total. The van der Waals surface area contributed by atoms with Crippen molar-refractivity contribution in [2.24, 2.45) is 0 Å². The maximum absolute atomic E-state index is 11.7. The Labute approximate surface area is 136 Å². The van der Waals surface area contributed by atoms with Crippen LogP contribution in [0.5, 0.6) is 0 Å². The summed E-state index contributed by atoms with van der Waals surface area (Å²) in [6.45, 7) is 0.0871. The van der Waals surface area contributed by atoms with Crippen molar-refractivity contribution in [2.75, 3.05) is 0 Å². The van der Waals surface area contributed by atoms with Crippen LogP contribution in [-0.4, -0.2) is 23.2 Å². The second kappa shape index (κ2) is 7.82. The fourth-order valence-electron chi connectivity index (χ4n) is 1.77. The van der Waals surface area contributed by atoms with Crippen LogP contribution >= 0.6 is 22.9 Å². The van der Waals surface area contributed by atoms with Crippen LogP contribution in [0.1, 0.15) is 10.4 Å². The van der Waals surface area contributed by atoms with E-state index in [0.717, 1.165) is 10.4 Å². The number of ether oxygens (including phenoxy) is 1. The molecule has 0 aliphatic heterocycles. The van der Waals surface area contributed by atoms with Crippen molar-refractivity contribution in [3.63, 3.8) is 0 Å². The lowest BCUT2D eigenvalue weighted by molar-refractivity contribution is -0.139. The normalized spacial score (nSPS) is 11.7. The van der Waals surface area contributed by atoms with Crippen molar-refractivity contribution < 1.29 is 19.4 Å². The first-order valence-corrected chi connectivity index (χ1v) is 7.68. The smallest absolute Gasteiger partial charge is 0.408 e. The van der Waals surface area contributed by atoms with Gasteiger partial charge < -0.3 is 15.2 Å². The molecule has 2 rings (SSSR count). The minimum atomic E-state index is -1.12. The average molecular weight is 340 g/mol. The zero-order valence-electron chi connectivity index (χ0n) is 11.5. The average Bonchev–Trinajstić information content (AvgIpc) is 2.91. The van der Waals surface area contributed by atoms with E-state index in [4.69, 9.17) is 16.3 Å². The van der Waals surface area contributed by atoms with E-state index in [2.05, 4.69) is 5.32 Å². The molecule has 7 heteroatoms. The van der Waals surface area contributed by atoms with Gasteiger partial charge in [-0.15, -0.1) is 11.3 Å². The Balaban J connectivity index is 1.87. The van der Waals surface area contributed by atoms with Crippen molar-refractivity contribution >= 4 is 35.0 Å². The number of carboxylic acid groups (broad SMARTS) is 1. The number of hydrogen-bond acceptors (Lipinski definition) is 4. The van der Waals surface area contributed by atoms with E-state index < -0.39 is 18.1 Å². The third-order valence-electron chi connectivity index (χ3n) is 2.84. The van der Waals surface area contributed by atoms with Gasteiger partial charge >= 0.3 is 12.1 Å². The number of halogens is 1. The van der Waals surface area contributed by atoms with E-state index in [0.29, 0.717) is 4.34 Å². The molecule has 22 heavy (non-hydrogen) atoms. The molecule has 0 bridgehead atoms. The predicted octanol–water partition coefficient (Wildman–Crippen LogP) is 3.32. The number of carbonyl (C=O) groups is 2. The third-order valence-corrected chi connectivity index (χ3v) is 4.09. The molecule has 2 aromatic rings. The first-order valence-electron chi connectivity index (χ1n) is 6.49. The second-order valence-electron chi connectivity index (χ2n) is 4.51. The Hall–Kier alpha value is -2.05. The number of alkyl carbamates (subject to hydrolysis) is 1. The first kappa shape index (κ1) is 16.3. The highest BCUT2D eigenvalue weighted by Gasteiger charge is 2.22. The molecule has 0 aliphatic carbocycles. The van der Waals surface area contributed by atoms with Gasteiger partial charge in [0.1, 0.15) is 12.6 Å². The van der Waals surface area contributed by atoms with Gasteiger partial charge in [0, 0.05) is 11.3 Å². The third kappa shape index (κ3) is 5.05. The Bertz CT molecular complexity index is 644. The van der Waals surface area contributed by atoms with Gasteiger partial charge in [0.25, 0.3) is 0 Å². The molecule has 1 unspecified atom stereocenters. The summed E-state index contributed by atoms with van der Waals surface area (Å²) in [7, 11) is 0. The fraction of sp³-hybridized carbons (Fsp3) is 0.200. The van der Waals surface area contributed by atoms with E-state index in [1.165, 1.54) is 11.3 Å². The van der Waals surface area contributed by atoms with E-state index >= 15 is 0 Å². The fourth-order valence-corrected chi connectivity index (χ4v) is 2.90. The molecule has 1 aromatic carbocycles. The van der Waals surface area contributed by atoms with Crippen LogP contribution in [-0.2, 0) is 22.6 Å². The molecular weight excluding hydrogens is 326 g/mol. The van der Waals surface area contributed by atoms with Gasteiger partial charge in [-0.1, -0.05) is 41.9 Å². The van der Waals surface area contributed by atoms with Crippen LogP contribution in [0.25, 0.3) is 0 Å². The number of carboxylic acids is 1. The molecule has 1 amide bonds. The van der Waals surface area contributed by atoms with Crippen molar-refractivity contribution in [2.45, 2.75) is 19.1 Å². The molecule has 0 saturated carbocycles. The minimum absolute atomic E-state index is 0.0871. The molecule has 1 atom stereocenters. The van der Waals surface area contributed by atoms with E-state index in [1.54, 1.807) is 12.1 Å².